The van der Waals surface area contributed by atoms with Crippen LogP contribution >= 0.6 is 11.8 Å². The van der Waals surface area contributed by atoms with Crippen molar-refractivity contribution in [3.63, 3.8) is 0 Å². The zero-order valence-corrected chi connectivity index (χ0v) is 23.1. The Morgan fingerprint density at radius 2 is 1.92 bits per heavy atom. The molecule has 1 spiro atoms. The molecule has 1 aromatic carbocycles. The Morgan fingerprint density at radius 1 is 1.18 bits per heavy atom. The summed E-state index contributed by atoms with van der Waals surface area (Å²) < 4.78 is 4.74. The molecule has 5 rings (SSSR count). The van der Waals surface area contributed by atoms with Crippen LogP contribution in [0.5, 0.6) is 0 Å². The lowest BCUT2D eigenvalue weighted by atomic mass is 9.66. The van der Waals surface area contributed by atoms with E-state index in [-0.39, 0.29) is 35.5 Å². The second-order valence-corrected chi connectivity index (χ2v) is 12.5. The highest BCUT2D eigenvalue weighted by molar-refractivity contribution is 8.02. The van der Waals surface area contributed by atoms with Crippen LogP contribution in [0.2, 0.25) is 0 Å². The molecule has 3 N–H and O–H groups in total. The molecule has 4 aliphatic rings. The molecular weight excluding hydrogens is 504 g/mol. The molecule has 0 saturated carbocycles. The summed E-state index contributed by atoms with van der Waals surface area (Å²) in [5.74, 6) is -1.43. The van der Waals surface area contributed by atoms with Gasteiger partial charge in [0, 0.05) is 38.0 Å². The smallest absolute Gasteiger partial charge is 0.244 e. The van der Waals surface area contributed by atoms with Gasteiger partial charge in [0.2, 0.25) is 17.7 Å². The van der Waals surface area contributed by atoms with Gasteiger partial charge in [0.25, 0.3) is 0 Å². The zero-order chi connectivity index (χ0) is 26.9. The summed E-state index contributed by atoms with van der Waals surface area (Å²) in [6.07, 6.45) is 1.33. The Hall–Kier alpha value is -2.14. The molecule has 4 heterocycles. The molecule has 0 aromatic heterocycles. The highest BCUT2D eigenvalue weighted by Crippen LogP contribution is 2.68. The van der Waals surface area contributed by atoms with Gasteiger partial charge in [-0.3, -0.25) is 19.3 Å². The van der Waals surface area contributed by atoms with E-state index < -0.39 is 28.7 Å². The van der Waals surface area contributed by atoms with E-state index in [0.29, 0.717) is 32.7 Å². The number of carbonyl (C=O) groups is 3. The van der Waals surface area contributed by atoms with Crippen LogP contribution in [0.1, 0.15) is 32.3 Å². The second kappa shape index (κ2) is 11.5. The number of nitrogens with one attached hydrogen (secondary N) is 2. The molecule has 4 saturated heterocycles. The van der Waals surface area contributed by atoms with Gasteiger partial charge in [-0.15, -0.1) is 11.8 Å². The molecule has 3 unspecified atom stereocenters. The van der Waals surface area contributed by atoms with E-state index in [9.17, 15) is 19.5 Å². The van der Waals surface area contributed by atoms with E-state index in [2.05, 4.69) is 22.5 Å². The van der Waals surface area contributed by atoms with Crippen LogP contribution in [0.3, 0.4) is 0 Å². The largest absolute Gasteiger partial charge is 0.394 e. The highest BCUT2D eigenvalue weighted by Gasteiger charge is 2.76. The van der Waals surface area contributed by atoms with Gasteiger partial charge in [-0.25, -0.2) is 0 Å². The number of thioether (sulfide) groups is 1. The first-order chi connectivity index (χ1) is 18.4. The second-order valence-electron chi connectivity index (χ2n) is 11.0. The van der Waals surface area contributed by atoms with Gasteiger partial charge < -0.3 is 25.4 Å². The molecule has 2 bridgehead atoms. The molecule has 10 heteroatoms. The first-order valence-corrected chi connectivity index (χ1v) is 14.8. The van der Waals surface area contributed by atoms with Crippen molar-refractivity contribution in [2.24, 2.45) is 17.8 Å². The van der Waals surface area contributed by atoms with E-state index in [0.717, 1.165) is 31.6 Å². The van der Waals surface area contributed by atoms with Gasteiger partial charge in [-0.2, -0.15) is 0 Å². The van der Waals surface area contributed by atoms with Gasteiger partial charge in [0.05, 0.1) is 42.4 Å². The zero-order valence-electron chi connectivity index (χ0n) is 22.3. The molecule has 38 heavy (non-hydrogen) atoms. The lowest BCUT2D eigenvalue weighted by molar-refractivity contribution is -0.142. The summed E-state index contributed by atoms with van der Waals surface area (Å²) in [6, 6.07) is 8.57. The number of ether oxygens (including phenoxy) is 1. The fourth-order valence-corrected chi connectivity index (χ4v) is 9.44. The number of aliphatic hydroxyl groups excluding tert-OH is 1. The van der Waals surface area contributed by atoms with Crippen LogP contribution in [0, 0.1) is 17.8 Å². The van der Waals surface area contributed by atoms with Crippen LogP contribution in [-0.4, -0.2) is 101 Å². The number of amides is 3. The van der Waals surface area contributed by atoms with Crippen LogP contribution in [-0.2, 0) is 25.7 Å². The summed E-state index contributed by atoms with van der Waals surface area (Å²) in [5, 5.41) is 16.4. The minimum atomic E-state index is -0.710. The molecular formula is C28H40N4O5S. The van der Waals surface area contributed by atoms with Crippen LogP contribution in [0.4, 0.5) is 0 Å². The van der Waals surface area contributed by atoms with Crippen molar-refractivity contribution in [3.8, 4) is 0 Å². The molecule has 3 amide bonds. The predicted molar refractivity (Wildman–Crippen MR) is 145 cm³/mol. The van der Waals surface area contributed by atoms with Gasteiger partial charge in [0.15, 0.2) is 0 Å². The Labute approximate surface area is 229 Å². The maximum atomic E-state index is 14.1. The molecule has 4 aliphatic heterocycles. The van der Waals surface area contributed by atoms with E-state index in [1.165, 1.54) is 0 Å². The minimum absolute atomic E-state index is 0.00488. The maximum Gasteiger partial charge on any atom is 0.244 e. The topological polar surface area (TPSA) is 111 Å². The number of rotatable bonds is 10. The molecule has 7 atom stereocenters. The standard InChI is InChI=1S/C28H40N4O5S/c1-3-20(17-33)32-24(26(35)29-9-10-31-11-13-37-14-12-31)28-18(2)15-21(38-28)22(23(28)27(32)36)25(34)30-16-19-7-5-4-6-8-19/h4-8,18,20-24,33H,3,9-17H2,1-2H3,(H,29,35)(H,30,34)/t18?,20-,21+,22-,23-,24?,28?/m0/s1. The van der Waals surface area contributed by atoms with Crippen molar-refractivity contribution in [1.29, 1.82) is 0 Å². The number of carbonyl (C=O) groups excluding carboxylic acids is 3. The molecule has 9 nitrogen and oxygen atoms in total. The van der Waals surface area contributed by atoms with Gasteiger partial charge in [-0.1, -0.05) is 44.2 Å². The molecule has 4 fully saturated rings. The van der Waals surface area contributed by atoms with E-state index in [4.69, 9.17) is 4.74 Å². The summed E-state index contributed by atoms with van der Waals surface area (Å²) >= 11 is 1.67. The van der Waals surface area contributed by atoms with Gasteiger partial charge in [-0.05, 0) is 24.3 Å². The summed E-state index contributed by atoms with van der Waals surface area (Å²) in [5.41, 5.74) is 1.00. The molecule has 208 valence electrons. The summed E-state index contributed by atoms with van der Waals surface area (Å²) in [7, 11) is 0. The first kappa shape index (κ1) is 27.4. The van der Waals surface area contributed by atoms with Gasteiger partial charge in [0.1, 0.15) is 6.04 Å². The van der Waals surface area contributed by atoms with Crippen molar-refractivity contribution < 1.29 is 24.2 Å². The third-order valence-corrected chi connectivity index (χ3v) is 11.0. The molecule has 0 aliphatic carbocycles. The first-order valence-electron chi connectivity index (χ1n) is 13.9. The van der Waals surface area contributed by atoms with Crippen molar-refractivity contribution in [1.82, 2.24) is 20.4 Å². The lowest BCUT2D eigenvalue weighted by Gasteiger charge is -2.40. The number of hydrogen-bond acceptors (Lipinski definition) is 7. The fourth-order valence-electron chi connectivity index (χ4n) is 7.03. The van der Waals surface area contributed by atoms with Crippen molar-refractivity contribution in [2.45, 2.75) is 55.3 Å². The number of likely N-dealkylation sites (tertiary alicyclic amines) is 1. The average molecular weight is 545 g/mol. The molecule has 0 radical (unpaired) electrons. The summed E-state index contributed by atoms with van der Waals surface area (Å²) in [6.45, 7) is 8.50. The maximum absolute atomic E-state index is 14.1. The Morgan fingerprint density at radius 3 is 2.61 bits per heavy atom. The minimum Gasteiger partial charge on any atom is -0.394 e. The number of hydrogen-bond donors (Lipinski definition) is 3. The van der Waals surface area contributed by atoms with Crippen molar-refractivity contribution in [2.75, 3.05) is 46.0 Å². The van der Waals surface area contributed by atoms with Crippen molar-refractivity contribution >= 4 is 29.5 Å². The van der Waals surface area contributed by atoms with Crippen LogP contribution < -0.4 is 10.6 Å². The third-order valence-electron chi connectivity index (χ3n) is 8.95. The van der Waals surface area contributed by atoms with Gasteiger partial charge >= 0.3 is 0 Å². The predicted octanol–water partition coefficient (Wildman–Crippen LogP) is 0.859. The van der Waals surface area contributed by atoms with E-state index in [1.54, 1.807) is 16.7 Å². The number of morpholine rings is 1. The van der Waals surface area contributed by atoms with Crippen molar-refractivity contribution in [3.05, 3.63) is 35.9 Å². The van der Waals surface area contributed by atoms with Crippen LogP contribution in [0.25, 0.3) is 0 Å². The number of aliphatic hydroxyl groups is 1. The normalized spacial score (nSPS) is 33.3. The molecule has 1 aromatic rings. The Kier molecular flexibility index (Phi) is 8.33. The number of fused-ring (bicyclic) bond motifs is 1. The number of nitrogens with zero attached hydrogens (tertiary/aromatic N) is 2. The fraction of sp³-hybridized carbons (Fsp3) is 0.679. The SMILES string of the molecule is CC[C@@H](CO)N1C(=O)[C@@H]2[C@@H](C(=O)NCc3ccccc3)[C@H]3CC(C)C2(S3)C1C(=O)NCCN1CCOCC1. The Balaban J connectivity index is 1.38. The van der Waals surface area contributed by atoms with E-state index in [1.807, 2.05) is 37.3 Å². The average Bonchev–Trinajstić information content (AvgIpc) is 3.53. The van der Waals surface area contributed by atoms with Crippen LogP contribution in [0.15, 0.2) is 30.3 Å². The Bertz CT molecular complexity index is 1020. The number of benzene rings is 1. The highest BCUT2D eigenvalue weighted by atomic mass is 32.2. The van der Waals surface area contributed by atoms with E-state index >= 15 is 0 Å². The lowest BCUT2D eigenvalue weighted by Crippen LogP contribution is -2.59. The summed E-state index contributed by atoms with van der Waals surface area (Å²) in [4.78, 5) is 45.5. The quantitative estimate of drug-likeness (QED) is 0.401. The monoisotopic (exact) mass is 544 g/mol. The third kappa shape index (κ3) is 4.74.